The molecule has 4 rings (SSSR count). The molecule has 1 aromatic heterocycles. The Hall–Kier alpha value is -2.64. The monoisotopic (exact) mass is 397 g/mol. The number of thiophene rings is 1. The van der Waals surface area contributed by atoms with E-state index in [9.17, 15) is 14.7 Å². The number of hydrogen-bond donors (Lipinski definition) is 1. The number of aliphatic hydroxyl groups excluding tert-OH is 1. The number of hydrogen-bond acceptors (Lipinski definition) is 6. The summed E-state index contributed by atoms with van der Waals surface area (Å²) in [5.41, 5.74) is 2.42. The number of aliphatic hydroxyl groups is 1. The number of benzene rings is 1. The Morgan fingerprint density at radius 1 is 1.04 bits per heavy atom. The zero-order chi connectivity index (χ0) is 19.7. The van der Waals surface area contributed by atoms with E-state index < -0.39 is 0 Å². The molecule has 7 heteroatoms. The van der Waals surface area contributed by atoms with E-state index in [2.05, 4.69) is 4.90 Å². The number of anilines is 2. The summed E-state index contributed by atoms with van der Waals surface area (Å²) in [5.74, 6) is -0.667. The van der Waals surface area contributed by atoms with Gasteiger partial charge in [0.2, 0.25) is 0 Å². The van der Waals surface area contributed by atoms with Gasteiger partial charge in [0.05, 0.1) is 17.9 Å². The van der Waals surface area contributed by atoms with Crippen LogP contribution >= 0.6 is 11.3 Å². The molecular weight excluding hydrogens is 374 g/mol. The van der Waals surface area contributed by atoms with Crippen LogP contribution in [0.1, 0.15) is 17.7 Å². The summed E-state index contributed by atoms with van der Waals surface area (Å²) in [7, 11) is 1.73. The molecule has 2 aromatic rings. The van der Waals surface area contributed by atoms with Crippen molar-refractivity contribution in [2.45, 2.75) is 12.8 Å². The zero-order valence-corrected chi connectivity index (χ0v) is 16.6. The zero-order valence-electron chi connectivity index (χ0n) is 15.8. The van der Waals surface area contributed by atoms with Crippen molar-refractivity contribution in [3.05, 3.63) is 52.4 Å². The number of amides is 2. The van der Waals surface area contributed by atoms with Crippen molar-refractivity contribution in [2.24, 2.45) is 0 Å². The predicted molar refractivity (Wildman–Crippen MR) is 111 cm³/mol. The minimum absolute atomic E-state index is 0.0935. The lowest BCUT2D eigenvalue weighted by atomic mass is 10.2. The fraction of sp³-hybridized carbons (Fsp3) is 0.333. The average Bonchev–Trinajstić information content (AvgIpc) is 3.43. The van der Waals surface area contributed by atoms with Gasteiger partial charge in [0.25, 0.3) is 11.8 Å². The van der Waals surface area contributed by atoms with Crippen molar-refractivity contribution in [1.29, 1.82) is 0 Å². The van der Waals surface area contributed by atoms with Crippen molar-refractivity contribution < 1.29 is 14.7 Å². The second-order valence-corrected chi connectivity index (χ2v) is 7.95. The van der Waals surface area contributed by atoms with Gasteiger partial charge in [0, 0.05) is 37.2 Å². The summed E-state index contributed by atoms with van der Waals surface area (Å²) >= 11 is 1.43. The van der Waals surface area contributed by atoms with Crippen LogP contribution in [0.4, 0.5) is 11.4 Å². The largest absolute Gasteiger partial charge is 0.395 e. The average molecular weight is 398 g/mol. The number of nitrogens with zero attached hydrogens (tertiary/aromatic N) is 3. The first kappa shape index (κ1) is 18.7. The van der Waals surface area contributed by atoms with Gasteiger partial charge >= 0.3 is 0 Å². The number of rotatable bonds is 6. The second kappa shape index (κ2) is 7.77. The summed E-state index contributed by atoms with van der Waals surface area (Å²) < 4.78 is 0. The fourth-order valence-electron chi connectivity index (χ4n) is 3.80. The molecule has 146 valence electrons. The first-order chi connectivity index (χ1) is 13.6. The normalized spacial score (nSPS) is 17.2. The maximum Gasteiger partial charge on any atom is 0.282 e. The highest BCUT2D eigenvalue weighted by molar-refractivity contribution is 7.11. The lowest BCUT2D eigenvalue weighted by Gasteiger charge is -2.21. The fourth-order valence-corrected chi connectivity index (χ4v) is 4.56. The van der Waals surface area contributed by atoms with Gasteiger partial charge in [-0.3, -0.25) is 9.59 Å². The van der Waals surface area contributed by atoms with Gasteiger partial charge in [-0.1, -0.05) is 6.07 Å². The maximum atomic E-state index is 13.2. The summed E-state index contributed by atoms with van der Waals surface area (Å²) in [6, 6.07) is 11.3. The van der Waals surface area contributed by atoms with Crippen molar-refractivity contribution in [3.63, 3.8) is 0 Å². The van der Waals surface area contributed by atoms with E-state index in [4.69, 9.17) is 0 Å². The molecule has 3 heterocycles. The molecule has 1 fully saturated rings. The molecule has 0 saturated carbocycles. The molecule has 2 aliphatic rings. The van der Waals surface area contributed by atoms with Crippen LogP contribution in [0.2, 0.25) is 0 Å². The van der Waals surface area contributed by atoms with E-state index >= 15 is 0 Å². The van der Waals surface area contributed by atoms with Crippen molar-refractivity contribution in [3.8, 4) is 0 Å². The Morgan fingerprint density at radius 2 is 1.71 bits per heavy atom. The van der Waals surface area contributed by atoms with E-state index in [1.165, 1.54) is 29.1 Å². The lowest BCUT2D eigenvalue weighted by Crippen LogP contribution is -2.34. The molecule has 6 nitrogen and oxygen atoms in total. The predicted octanol–water partition coefficient (Wildman–Crippen LogP) is 2.56. The lowest BCUT2D eigenvalue weighted by molar-refractivity contribution is -0.120. The summed E-state index contributed by atoms with van der Waals surface area (Å²) in [6.07, 6.45) is 2.39. The SMILES string of the molecule is CN(CCO)C1=C(c2cccs2)C(=O)N(c2ccc(N3CCCC3)cc2)C1=O. The minimum Gasteiger partial charge on any atom is -0.395 e. The van der Waals surface area contributed by atoms with Crippen LogP contribution in [0, 0.1) is 0 Å². The highest BCUT2D eigenvalue weighted by Crippen LogP contribution is 2.36. The van der Waals surface area contributed by atoms with Gasteiger partial charge < -0.3 is 14.9 Å². The Labute approximate surface area is 168 Å². The van der Waals surface area contributed by atoms with E-state index in [0.29, 0.717) is 17.0 Å². The van der Waals surface area contributed by atoms with Gasteiger partial charge in [-0.2, -0.15) is 0 Å². The van der Waals surface area contributed by atoms with Gasteiger partial charge in [-0.15, -0.1) is 11.3 Å². The van der Waals surface area contributed by atoms with Crippen LogP contribution in [0.3, 0.4) is 0 Å². The Balaban J connectivity index is 1.68. The second-order valence-electron chi connectivity index (χ2n) is 7.00. The molecule has 2 amide bonds. The maximum absolute atomic E-state index is 13.2. The topological polar surface area (TPSA) is 64.1 Å². The Kier molecular flexibility index (Phi) is 5.19. The minimum atomic E-state index is -0.349. The molecule has 28 heavy (non-hydrogen) atoms. The quantitative estimate of drug-likeness (QED) is 0.759. The smallest absolute Gasteiger partial charge is 0.282 e. The molecule has 0 spiro atoms. The van der Waals surface area contributed by atoms with E-state index in [1.54, 1.807) is 11.9 Å². The highest BCUT2D eigenvalue weighted by atomic mass is 32.1. The first-order valence-electron chi connectivity index (χ1n) is 9.45. The third kappa shape index (κ3) is 3.21. The van der Waals surface area contributed by atoms with Crippen LogP contribution in [0.25, 0.3) is 5.57 Å². The van der Waals surface area contributed by atoms with Crippen LogP contribution in [-0.4, -0.2) is 55.1 Å². The molecule has 0 radical (unpaired) electrons. The van der Waals surface area contributed by atoms with E-state index in [-0.39, 0.29) is 25.0 Å². The molecule has 0 aliphatic carbocycles. The van der Waals surface area contributed by atoms with Crippen LogP contribution in [0.15, 0.2) is 47.5 Å². The highest BCUT2D eigenvalue weighted by Gasteiger charge is 2.42. The van der Waals surface area contributed by atoms with Gasteiger partial charge in [-0.25, -0.2) is 4.90 Å². The van der Waals surface area contributed by atoms with Crippen LogP contribution in [0.5, 0.6) is 0 Å². The van der Waals surface area contributed by atoms with Gasteiger partial charge in [-0.05, 0) is 48.6 Å². The molecule has 2 aliphatic heterocycles. The number of likely N-dealkylation sites (N-methyl/N-ethyl adjacent to an activating group) is 1. The standard InChI is InChI=1S/C21H23N3O3S/c1-22(12-13-25)19-18(17-5-4-14-28-17)20(26)24(21(19)27)16-8-6-15(7-9-16)23-10-2-3-11-23/h4-9,14,25H,2-3,10-13H2,1H3. The molecule has 0 atom stereocenters. The number of carbonyl (C=O) groups is 2. The number of carbonyl (C=O) groups excluding carboxylic acids is 2. The molecular formula is C21H23N3O3S. The molecule has 1 aromatic carbocycles. The van der Waals surface area contributed by atoms with Crippen molar-refractivity contribution >= 4 is 40.1 Å². The molecule has 1 N–H and O–H groups in total. The Morgan fingerprint density at radius 3 is 2.32 bits per heavy atom. The van der Waals surface area contributed by atoms with Gasteiger partial charge in [0.15, 0.2) is 0 Å². The van der Waals surface area contributed by atoms with Gasteiger partial charge in [0.1, 0.15) is 5.70 Å². The molecule has 0 bridgehead atoms. The van der Waals surface area contributed by atoms with Crippen LogP contribution < -0.4 is 9.80 Å². The summed E-state index contributed by atoms with van der Waals surface area (Å²) in [6.45, 7) is 2.27. The van der Waals surface area contributed by atoms with Crippen molar-refractivity contribution in [2.75, 3.05) is 43.1 Å². The molecule has 0 unspecified atom stereocenters. The summed E-state index contributed by atoms with van der Waals surface area (Å²) in [4.78, 5) is 32.4. The first-order valence-corrected chi connectivity index (χ1v) is 10.3. The van der Waals surface area contributed by atoms with Crippen molar-refractivity contribution in [1.82, 2.24) is 4.90 Å². The number of imide groups is 1. The van der Waals surface area contributed by atoms with Crippen LogP contribution in [-0.2, 0) is 9.59 Å². The molecule has 1 saturated heterocycles. The third-order valence-electron chi connectivity index (χ3n) is 5.22. The van der Waals surface area contributed by atoms with E-state index in [1.807, 2.05) is 41.8 Å². The third-order valence-corrected chi connectivity index (χ3v) is 6.11. The van der Waals surface area contributed by atoms with E-state index in [0.717, 1.165) is 23.7 Å². The Bertz CT molecular complexity index is 899. The summed E-state index contributed by atoms with van der Waals surface area (Å²) in [5, 5.41) is 11.2.